The standard InChI is InChI=1S/C17H18BrNO4/c1-2-22-17(21)13(8-12-6-4-3-5-7-12)10-19-16(20)14-9-15(18)23-11-14/h3-7,9,11,13H,2,8,10H2,1H3,(H,19,20). The van der Waals surface area contributed by atoms with Gasteiger partial charge in [-0.1, -0.05) is 30.3 Å². The first-order valence-electron chi connectivity index (χ1n) is 7.33. The van der Waals surface area contributed by atoms with Gasteiger partial charge in [0.2, 0.25) is 0 Å². The van der Waals surface area contributed by atoms with E-state index in [0.29, 0.717) is 23.3 Å². The number of hydrogen-bond donors (Lipinski definition) is 1. The molecular formula is C17H18BrNO4. The Morgan fingerprint density at radius 3 is 2.65 bits per heavy atom. The molecule has 1 unspecified atom stereocenters. The van der Waals surface area contributed by atoms with Crippen molar-refractivity contribution in [2.75, 3.05) is 13.2 Å². The van der Waals surface area contributed by atoms with Crippen LogP contribution in [0.3, 0.4) is 0 Å². The van der Waals surface area contributed by atoms with Crippen LogP contribution < -0.4 is 5.32 Å². The number of benzene rings is 1. The third-order valence-electron chi connectivity index (χ3n) is 3.28. The number of halogens is 1. The highest BCUT2D eigenvalue weighted by Gasteiger charge is 2.21. The van der Waals surface area contributed by atoms with Gasteiger partial charge in [0, 0.05) is 12.6 Å². The number of hydrogen-bond acceptors (Lipinski definition) is 4. The molecule has 2 aromatic rings. The van der Waals surface area contributed by atoms with Crippen LogP contribution >= 0.6 is 15.9 Å². The van der Waals surface area contributed by atoms with Gasteiger partial charge in [-0.05, 0) is 34.8 Å². The summed E-state index contributed by atoms with van der Waals surface area (Å²) in [7, 11) is 0. The van der Waals surface area contributed by atoms with Crippen molar-refractivity contribution in [2.24, 2.45) is 5.92 Å². The quantitative estimate of drug-likeness (QED) is 0.750. The fourth-order valence-corrected chi connectivity index (χ4v) is 2.48. The number of carbonyl (C=O) groups is 2. The van der Waals surface area contributed by atoms with Gasteiger partial charge in [0.05, 0.1) is 18.1 Å². The molecule has 1 aromatic carbocycles. The van der Waals surface area contributed by atoms with Crippen LogP contribution in [0.15, 0.2) is 51.7 Å². The summed E-state index contributed by atoms with van der Waals surface area (Å²) in [6.07, 6.45) is 1.87. The maximum Gasteiger partial charge on any atom is 0.311 e. The Kier molecular flexibility index (Phi) is 6.40. The second-order valence-electron chi connectivity index (χ2n) is 4.99. The van der Waals surface area contributed by atoms with Crippen molar-refractivity contribution < 1.29 is 18.7 Å². The number of carbonyl (C=O) groups excluding carboxylic acids is 2. The van der Waals surface area contributed by atoms with Crippen LogP contribution in [0.2, 0.25) is 0 Å². The Morgan fingerprint density at radius 1 is 1.30 bits per heavy atom. The lowest BCUT2D eigenvalue weighted by Gasteiger charge is -2.16. The number of nitrogens with one attached hydrogen (secondary N) is 1. The molecule has 0 saturated carbocycles. The van der Waals surface area contributed by atoms with Crippen molar-refractivity contribution >= 4 is 27.8 Å². The summed E-state index contributed by atoms with van der Waals surface area (Å²) in [5, 5.41) is 2.75. The minimum atomic E-state index is -0.434. The lowest BCUT2D eigenvalue weighted by molar-refractivity contribution is -0.147. The van der Waals surface area contributed by atoms with Gasteiger partial charge in [-0.3, -0.25) is 9.59 Å². The molecule has 1 N–H and O–H groups in total. The molecule has 122 valence electrons. The first kappa shape index (κ1) is 17.3. The molecule has 0 spiro atoms. The zero-order valence-corrected chi connectivity index (χ0v) is 14.3. The summed E-state index contributed by atoms with van der Waals surface area (Å²) in [4.78, 5) is 24.2. The van der Waals surface area contributed by atoms with Crippen molar-refractivity contribution in [1.29, 1.82) is 0 Å². The molecular weight excluding hydrogens is 362 g/mol. The molecule has 1 amide bonds. The molecule has 0 aliphatic heterocycles. The molecule has 5 nitrogen and oxygen atoms in total. The Hall–Kier alpha value is -2.08. The van der Waals surface area contributed by atoms with E-state index in [2.05, 4.69) is 21.2 Å². The van der Waals surface area contributed by atoms with Crippen molar-refractivity contribution in [3.63, 3.8) is 0 Å². The third kappa shape index (κ3) is 5.25. The molecule has 0 aliphatic rings. The highest BCUT2D eigenvalue weighted by Crippen LogP contribution is 2.14. The molecule has 1 atom stereocenters. The SMILES string of the molecule is CCOC(=O)C(CNC(=O)c1coc(Br)c1)Cc1ccccc1. The number of rotatable bonds is 7. The summed E-state index contributed by atoms with van der Waals surface area (Å²) in [6.45, 7) is 2.28. The maximum atomic E-state index is 12.1. The molecule has 0 bridgehead atoms. The van der Waals surface area contributed by atoms with Gasteiger partial charge < -0.3 is 14.5 Å². The number of amides is 1. The first-order chi connectivity index (χ1) is 11.1. The summed E-state index contributed by atoms with van der Waals surface area (Å²) in [5.74, 6) is -1.04. The minimum Gasteiger partial charge on any atom is -0.466 e. The van der Waals surface area contributed by atoms with E-state index in [1.807, 2.05) is 30.3 Å². The summed E-state index contributed by atoms with van der Waals surface area (Å²) < 4.78 is 10.6. The molecule has 1 aromatic heterocycles. The fraction of sp³-hybridized carbons (Fsp3) is 0.294. The monoisotopic (exact) mass is 379 g/mol. The maximum absolute atomic E-state index is 12.1. The zero-order valence-electron chi connectivity index (χ0n) is 12.8. The van der Waals surface area contributed by atoms with Gasteiger partial charge in [-0.15, -0.1) is 0 Å². The van der Waals surface area contributed by atoms with Crippen molar-refractivity contribution in [3.05, 3.63) is 58.5 Å². The zero-order chi connectivity index (χ0) is 16.7. The van der Waals surface area contributed by atoms with Crippen LogP contribution in [0.5, 0.6) is 0 Å². The average molecular weight is 380 g/mol. The Labute approximate surface area is 143 Å². The fourth-order valence-electron chi connectivity index (χ4n) is 2.14. The second kappa shape index (κ2) is 8.53. The third-order valence-corrected chi connectivity index (χ3v) is 3.70. The molecule has 0 radical (unpaired) electrons. The van der Waals surface area contributed by atoms with Gasteiger partial charge in [0.15, 0.2) is 4.67 Å². The van der Waals surface area contributed by atoms with E-state index in [4.69, 9.17) is 9.15 Å². The molecule has 0 saturated heterocycles. The van der Waals surface area contributed by atoms with Crippen LogP contribution in [-0.4, -0.2) is 25.0 Å². The predicted molar refractivity (Wildman–Crippen MR) is 89.0 cm³/mol. The Balaban J connectivity index is 1.99. The van der Waals surface area contributed by atoms with Crippen molar-refractivity contribution in [3.8, 4) is 0 Å². The van der Waals surface area contributed by atoms with Crippen LogP contribution in [0.4, 0.5) is 0 Å². The molecule has 1 heterocycles. The summed E-state index contributed by atoms with van der Waals surface area (Å²) in [6, 6.07) is 11.2. The molecule has 0 fully saturated rings. The van der Waals surface area contributed by atoms with Gasteiger partial charge in [-0.25, -0.2) is 0 Å². The lowest BCUT2D eigenvalue weighted by Crippen LogP contribution is -2.35. The second-order valence-corrected chi connectivity index (χ2v) is 5.77. The first-order valence-corrected chi connectivity index (χ1v) is 8.12. The van der Waals surface area contributed by atoms with Gasteiger partial charge in [0.1, 0.15) is 6.26 Å². The highest BCUT2D eigenvalue weighted by atomic mass is 79.9. The normalized spacial score (nSPS) is 11.7. The van der Waals surface area contributed by atoms with Crippen LogP contribution in [-0.2, 0) is 16.0 Å². The molecule has 23 heavy (non-hydrogen) atoms. The summed E-state index contributed by atoms with van der Waals surface area (Å²) in [5.41, 5.74) is 1.42. The minimum absolute atomic E-state index is 0.204. The van der Waals surface area contributed by atoms with Crippen LogP contribution in [0.25, 0.3) is 0 Å². The highest BCUT2D eigenvalue weighted by molar-refractivity contribution is 9.10. The van der Waals surface area contributed by atoms with E-state index in [1.165, 1.54) is 6.26 Å². The van der Waals surface area contributed by atoms with E-state index in [0.717, 1.165) is 5.56 Å². The molecule has 6 heteroatoms. The summed E-state index contributed by atoms with van der Waals surface area (Å²) >= 11 is 3.15. The predicted octanol–water partition coefficient (Wildman–Crippen LogP) is 3.19. The number of esters is 1. The van der Waals surface area contributed by atoms with E-state index in [1.54, 1.807) is 13.0 Å². The Morgan fingerprint density at radius 2 is 2.04 bits per heavy atom. The molecule has 2 rings (SSSR count). The lowest BCUT2D eigenvalue weighted by atomic mass is 9.99. The topological polar surface area (TPSA) is 68.5 Å². The van der Waals surface area contributed by atoms with E-state index >= 15 is 0 Å². The van der Waals surface area contributed by atoms with Crippen LogP contribution in [0.1, 0.15) is 22.8 Å². The van der Waals surface area contributed by atoms with E-state index in [-0.39, 0.29) is 18.4 Å². The smallest absolute Gasteiger partial charge is 0.311 e. The Bertz CT molecular complexity index is 654. The van der Waals surface area contributed by atoms with Gasteiger partial charge in [0.25, 0.3) is 5.91 Å². The van der Waals surface area contributed by atoms with E-state index in [9.17, 15) is 9.59 Å². The van der Waals surface area contributed by atoms with Crippen molar-refractivity contribution in [1.82, 2.24) is 5.32 Å². The van der Waals surface area contributed by atoms with Crippen molar-refractivity contribution in [2.45, 2.75) is 13.3 Å². The number of furan rings is 1. The average Bonchev–Trinajstić information content (AvgIpc) is 2.99. The molecule has 0 aliphatic carbocycles. The number of ether oxygens (including phenoxy) is 1. The van der Waals surface area contributed by atoms with Crippen LogP contribution in [0, 0.1) is 5.92 Å². The van der Waals surface area contributed by atoms with Gasteiger partial charge in [-0.2, -0.15) is 0 Å². The van der Waals surface area contributed by atoms with Gasteiger partial charge >= 0.3 is 5.97 Å². The van der Waals surface area contributed by atoms with E-state index < -0.39 is 5.92 Å². The largest absolute Gasteiger partial charge is 0.466 e.